The van der Waals surface area contributed by atoms with Gasteiger partial charge in [-0.15, -0.1) is 0 Å². The Hall–Kier alpha value is -0.175. The molecule has 6 N–H and O–H groups in total. The van der Waals surface area contributed by atoms with Gasteiger partial charge >= 0.3 is 7.32 Å². The summed E-state index contributed by atoms with van der Waals surface area (Å²) in [5, 5.41) is 22.8. The van der Waals surface area contributed by atoms with E-state index in [1.54, 1.807) is 0 Å². The first-order chi connectivity index (χ1) is 18.6. The smallest absolute Gasteiger partial charge is 0.339 e. The fourth-order valence-electron chi connectivity index (χ4n) is 3.97. The van der Waals surface area contributed by atoms with Crippen molar-refractivity contribution in [1.29, 1.82) is 0 Å². The van der Waals surface area contributed by atoms with E-state index >= 15 is 0 Å². The summed E-state index contributed by atoms with van der Waals surface area (Å²) >= 11 is 0. The highest BCUT2D eigenvalue weighted by Crippen LogP contribution is 2.12. The zero-order valence-electron chi connectivity index (χ0n) is 27.9. The van der Waals surface area contributed by atoms with Crippen LogP contribution in [0.1, 0.15) is 168 Å². The van der Waals surface area contributed by atoms with E-state index in [0.29, 0.717) is 0 Å². The first-order valence-electron chi connectivity index (χ1n) is 16.8. The largest absolute Gasteiger partial charge is 0.832 e. The third-order valence-corrected chi connectivity index (χ3v) is 6.12. The fourth-order valence-corrected chi connectivity index (χ4v) is 3.97. The zero-order chi connectivity index (χ0) is 30.5. The Morgan fingerprint density at radius 3 is 0.692 bits per heavy atom. The molecule has 0 fully saturated rings. The van der Waals surface area contributed by atoms with Gasteiger partial charge < -0.3 is 31.0 Å². The Morgan fingerprint density at radius 2 is 0.564 bits per heavy atom. The summed E-state index contributed by atoms with van der Waals surface area (Å²) in [5.74, 6) is 0. The van der Waals surface area contributed by atoms with Crippen molar-refractivity contribution in [3.8, 4) is 0 Å². The molecule has 0 atom stereocenters. The molecule has 0 saturated heterocycles. The normalized spacial score (nSPS) is 10.5. The van der Waals surface area contributed by atoms with Crippen LogP contribution in [0.5, 0.6) is 0 Å². The van der Waals surface area contributed by atoms with Gasteiger partial charge in [-0.05, 0) is 25.9 Å². The predicted molar refractivity (Wildman–Crippen MR) is 174 cm³/mol. The number of nitrogens with two attached hydrogens (primary N) is 2. The first kappa shape index (κ1) is 45.8. The third kappa shape index (κ3) is 85.5. The van der Waals surface area contributed by atoms with Crippen molar-refractivity contribution in [2.75, 3.05) is 41.3 Å². The zero-order valence-corrected chi connectivity index (χ0v) is 27.9. The maximum absolute atomic E-state index is 8.64. The minimum absolute atomic E-state index is 0.872. The van der Waals surface area contributed by atoms with E-state index in [4.69, 9.17) is 26.5 Å². The molecule has 0 aromatic rings. The van der Waals surface area contributed by atoms with Crippen molar-refractivity contribution in [2.24, 2.45) is 11.5 Å². The van der Waals surface area contributed by atoms with E-state index in [0.717, 1.165) is 17.6 Å². The topological polar surface area (TPSA) is 116 Å². The van der Waals surface area contributed by atoms with Gasteiger partial charge in [0.2, 0.25) is 0 Å². The van der Waals surface area contributed by atoms with Gasteiger partial charge in [0.15, 0.2) is 0 Å². The molecular weight excluding hydrogens is 485 g/mol. The third-order valence-electron chi connectivity index (χ3n) is 6.12. The van der Waals surface area contributed by atoms with Crippen molar-refractivity contribution >= 4 is 7.32 Å². The van der Waals surface area contributed by atoms with Crippen LogP contribution in [0.15, 0.2) is 0 Å². The monoisotopic (exact) mass is 562 g/mol. The van der Waals surface area contributed by atoms with Crippen LogP contribution in [-0.2, 0) is 0 Å². The van der Waals surface area contributed by atoms with Crippen molar-refractivity contribution in [1.82, 2.24) is 0 Å². The Labute approximate surface area is 247 Å². The minimum Gasteiger partial charge on any atom is -0.832 e. The molecule has 0 saturated carbocycles. The molecule has 240 valence electrons. The first-order valence-corrected chi connectivity index (χ1v) is 16.8. The van der Waals surface area contributed by atoms with E-state index in [9.17, 15) is 0 Å². The summed E-state index contributed by atoms with van der Waals surface area (Å²) in [6.07, 6.45) is 33.8. The summed E-state index contributed by atoms with van der Waals surface area (Å²) < 4.78 is 1.00. The van der Waals surface area contributed by atoms with Crippen molar-refractivity contribution in [3.63, 3.8) is 0 Å². The van der Waals surface area contributed by atoms with Crippen LogP contribution in [-0.4, -0.2) is 63.1 Å². The van der Waals surface area contributed by atoms with Crippen molar-refractivity contribution in [3.05, 3.63) is 0 Å². The molecule has 0 aromatic carbocycles. The molecule has 0 spiro atoms. The highest BCUT2D eigenvalue weighted by Gasteiger charge is 1.93. The molecule has 0 aliphatic rings. The van der Waals surface area contributed by atoms with Gasteiger partial charge in [0.05, 0.1) is 28.2 Å². The van der Waals surface area contributed by atoms with E-state index in [1.807, 2.05) is 0 Å². The number of nitrogens with zero attached hydrogens (tertiary/aromatic N) is 1. The lowest BCUT2D eigenvalue weighted by atomic mass is 10.1. The Kier molecular flexibility index (Phi) is 49.7. The van der Waals surface area contributed by atoms with E-state index in [-0.39, 0.29) is 0 Å². The second kappa shape index (κ2) is 42.3. The second-order valence-electron chi connectivity index (χ2n) is 12.4. The number of unbranched alkanes of at least 4 members (excludes halogenated alkanes) is 22. The van der Waals surface area contributed by atoms with Crippen LogP contribution in [0.2, 0.25) is 0 Å². The highest BCUT2D eigenvalue weighted by atomic mass is 16.5. The van der Waals surface area contributed by atoms with Crippen LogP contribution < -0.4 is 16.5 Å². The van der Waals surface area contributed by atoms with Crippen LogP contribution in [0, 0.1) is 0 Å². The SMILES string of the molecule is CCCCCCCCCCCCCCN.CCCCCCCCCCCCCCN.C[N+](C)(C)C.[O-]B(O)O. The number of rotatable bonds is 24. The fraction of sp³-hybridized carbons (Fsp3) is 1.00. The van der Waals surface area contributed by atoms with E-state index < -0.39 is 7.32 Å². The molecule has 0 aliphatic heterocycles. The molecule has 0 heterocycles. The Morgan fingerprint density at radius 1 is 0.436 bits per heavy atom. The Bertz CT molecular complexity index is 325. The van der Waals surface area contributed by atoms with Gasteiger partial charge in [0.1, 0.15) is 0 Å². The lowest BCUT2D eigenvalue weighted by Crippen LogP contribution is -2.29. The highest BCUT2D eigenvalue weighted by molar-refractivity contribution is 6.28. The van der Waals surface area contributed by atoms with Crippen LogP contribution >= 0.6 is 0 Å². The van der Waals surface area contributed by atoms with Crippen molar-refractivity contribution in [2.45, 2.75) is 168 Å². The van der Waals surface area contributed by atoms with E-state index in [1.165, 1.54) is 154 Å². The van der Waals surface area contributed by atoms with Gasteiger partial charge in [-0.2, -0.15) is 0 Å². The molecule has 0 aromatic heterocycles. The van der Waals surface area contributed by atoms with Crippen LogP contribution in [0.25, 0.3) is 0 Å². The summed E-state index contributed by atoms with van der Waals surface area (Å²) in [4.78, 5) is 0. The standard InChI is InChI=1S/2C14H31N.C4H12N.BH2O3/c2*1-2-3-4-5-6-7-8-9-10-11-12-13-14-15;1-5(2,3)4;2-1(3)4/h2*2-15H2,1H3;1-4H3;2-3H/q;;+1;-1. The molecular formula is C32H76BN3O3. The summed E-state index contributed by atoms with van der Waals surface area (Å²) in [6, 6.07) is 0. The van der Waals surface area contributed by atoms with Gasteiger partial charge in [-0.25, -0.2) is 0 Å². The average molecular weight is 562 g/mol. The number of hydrogen-bond donors (Lipinski definition) is 4. The molecule has 0 unspecified atom stereocenters. The molecule has 0 rings (SSSR count). The van der Waals surface area contributed by atoms with Gasteiger partial charge in [-0.1, -0.05) is 155 Å². The molecule has 0 radical (unpaired) electrons. The lowest BCUT2D eigenvalue weighted by molar-refractivity contribution is -0.849. The maximum atomic E-state index is 8.64. The van der Waals surface area contributed by atoms with Crippen molar-refractivity contribution < 1.29 is 19.6 Å². The second-order valence-corrected chi connectivity index (χ2v) is 12.4. The quantitative estimate of drug-likeness (QED) is 0.0579. The predicted octanol–water partition coefficient (Wildman–Crippen LogP) is 6.93. The Balaban J connectivity index is -0.000000240. The lowest BCUT2D eigenvalue weighted by Gasteiger charge is -2.14. The van der Waals surface area contributed by atoms with Crippen LogP contribution in [0.4, 0.5) is 0 Å². The number of hydrogen-bond acceptors (Lipinski definition) is 5. The summed E-state index contributed by atoms with van der Waals surface area (Å²) in [5.41, 5.74) is 10.9. The molecule has 0 amide bonds. The number of quaternary nitrogens is 1. The van der Waals surface area contributed by atoms with Gasteiger partial charge in [0.25, 0.3) is 0 Å². The molecule has 39 heavy (non-hydrogen) atoms. The molecule has 7 heteroatoms. The molecule has 6 nitrogen and oxygen atoms in total. The molecule has 0 aliphatic carbocycles. The van der Waals surface area contributed by atoms with Gasteiger partial charge in [-0.3, -0.25) is 0 Å². The maximum Gasteiger partial charge on any atom is 0.339 e. The summed E-state index contributed by atoms with van der Waals surface area (Å²) in [6.45, 7) is 6.30. The van der Waals surface area contributed by atoms with Gasteiger partial charge in [0, 0.05) is 0 Å². The molecule has 0 bridgehead atoms. The summed E-state index contributed by atoms with van der Waals surface area (Å²) in [7, 11) is 6.08. The van der Waals surface area contributed by atoms with Crippen LogP contribution in [0.3, 0.4) is 0 Å². The van der Waals surface area contributed by atoms with E-state index in [2.05, 4.69) is 42.0 Å². The minimum atomic E-state index is -2.42. The average Bonchev–Trinajstić information content (AvgIpc) is 2.85.